The molecule has 1 saturated heterocycles. The highest BCUT2D eigenvalue weighted by atomic mass is 16.5. The summed E-state index contributed by atoms with van der Waals surface area (Å²) in [6.45, 7) is 1.25. The van der Waals surface area contributed by atoms with E-state index >= 15 is 0 Å². The third-order valence-corrected chi connectivity index (χ3v) is 6.37. The average Bonchev–Trinajstić information content (AvgIpc) is 3.40. The maximum absolute atomic E-state index is 12.4. The van der Waals surface area contributed by atoms with Crippen molar-refractivity contribution >= 4 is 17.0 Å². The second-order valence-corrected chi connectivity index (χ2v) is 9.09. The fraction of sp³-hybridized carbons (Fsp3) is 0.321. The summed E-state index contributed by atoms with van der Waals surface area (Å²) in [4.78, 5) is 27.4. The van der Waals surface area contributed by atoms with Gasteiger partial charge in [0.2, 0.25) is 0 Å². The molecule has 1 aliphatic heterocycles. The Hall–Kier alpha value is -4.69. The Morgan fingerprint density at radius 3 is 2.51 bits per heavy atom. The van der Waals surface area contributed by atoms with Crippen LogP contribution >= 0.6 is 0 Å². The van der Waals surface area contributed by atoms with Crippen LogP contribution in [0, 0.1) is 11.3 Å². The third-order valence-electron chi connectivity index (χ3n) is 6.37. The van der Waals surface area contributed by atoms with E-state index in [-0.39, 0.29) is 17.7 Å². The molecule has 11 heteroatoms. The van der Waals surface area contributed by atoms with Crippen molar-refractivity contribution in [3.63, 3.8) is 0 Å². The number of pyridine rings is 3. The summed E-state index contributed by atoms with van der Waals surface area (Å²) >= 11 is 0. The topological polar surface area (TPSA) is 133 Å². The number of carbonyl (C=O) groups excluding carboxylic acids is 1. The summed E-state index contributed by atoms with van der Waals surface area (Å²) in [6.07, 6.45) is 4.51. The molecule has 4 aromatic heterocycles. The first-order valence-electron chi connectivity index (χ1n) is 12.3. The Morgan fingerprint density at radius 1 is 1.05 bits per heavy atom. The SMILES string of the molecule is COc1cc(C(=O)N(C)C)cnc1-c1cc2ncc(OC)c(-c3ccc(OC4CCOCC4)c(C#N)n3)c2o1. The van der Waals surface area contributed by atoms with Crippen LogP contribution in [0.25, 0.3) is 33.8 Å². The number of aromatic nitrogens is 3. The van der Waals surface area contributed by atoms with Crippen molar-refractivity contribution in [1.82, 2.24) is 19.9 Å². The van der Waals surface area contributed by atoms with Gasteiger partial charge in [-0.25, -0.2) is 15.0 Å². The smallest absolute Gasteiger partial charge is 0.255 e. The molecule has 5 rings (SSSR count). The van der Waals surface area contributed by atoms with Crippen molar-refractivity contribution in [2.45, 2.75) is 18.9 Å². The van der Waals surface area contributed by atoms with Crippen LogP contribution in [0.4, 0.5) is 0 Å². The van der Waals surface area contributed by atoms with E-state index in [4.69, 9.17) is 23.4 Å². The third kappa shape index (κ3) is 5.06. The Labute approximate surface area is 224 Å². The molecule has 0 aliphatic carbocycles. The van der Waals surface area contributed by atoms with Crippen LogP contribution in [0.2, 0.25) is 0 Å². The number of rotatable bonds is 7. The van der Waals surface area contributed by atoms with Gasteiger partial charge < -0.3 is 28.3 Å². The zero-order chi connectivity index (χ0) is 27.5. The van der Waals surface area contributed by atoms with Crippen LogP contribution in [-0.2, 0) is 4.74 Å². The molecule has 5 heterocycles. The minimum absolute atomic E-state index is 0.0322. The van der Waals surface area contributed by atoms with Crippen LogP contribution in [0.15, 0.2) is 41.1 Å². The maximum Gasteiger partial charge on any atom is 0.255 e. The second-order valence-electron chi connectivity index (χ2n) is 9.09. The minimum Gasteiger partial charge on any atom is -0.494 e. The molecule has 200 valence electrons. The van der Waals surface area contributed by atoms with Gasteiger partial charge >= 0.3 is 0 Å². The molecule has 0 N–H and O–H groups in total. The predicted molar refractivity (Wildman–Crippen MR) is 141 cm³/mol. The number of hydrogen-bond acceptors (Lipinski definition) is 10. The summed E-state index contributed by atoms with van der Waals surface area (Å²) in [5.74, 6) is 1.39. The zero-order valence-corrected chi connectivity index (χ0v) is 22.1. The number of nitrogens with zero attached hydrogens (tertiary/aromatic N) is 5. The molecule has 0 aromatic carbocycles. The van der Waals surface area contributed by atoms with E-state index in [1.807, 2.05) is 0 Å². The van der Waals surface area contributed by atoms with Gasteiger partial charge in [-0.1, -0.05) is 0 Å². The Bertz CT molecular complexity index is 1570. The van der Waals surface area contributed by atoms with Crippen LogP contribution in [0.3, 0.4) is 0 Å². The molecule has 11 nitrogen and oxygen atoms in total. The van der Waals surface area contributed by atoms with Gasteiger partial charge in [-0.15, -0.1) is 0 Å². The van der Waals surface area contributed by atoms with E-state index in [2.05, 4.69) is 21.0 Å². The van der Waals surface area contributed by atoms with Gasteiger partial charge in [-0.2, -0.15) is 5.26 Å². The van der Waals surface area contributed by atoms with Crippen molar-refractivity contribution in [1.29, 1.82) is 5.26 Å². The largest absolute Gasteiger partial charge is 0.494 e. The van der Waals surface area contributed by atoms with E-state index in [0.29, 0.717) is 69.8 Å². The van der Waals surface area contributed by atoms with E-state index < -0.39 is 0 Å². The number of ether oxygens (including phenoxy) is 4. The first-order chi connectivity index (χ1) is 18.9. The van der Waals surface area contributed by atoms with Crippen molar-refractivity contribution in [3.8, 4) is 46.0 Å². The number of furan rings is 1. The lowest BCUT2D eigenvalue weighted by Gasteiger charge is -2.23. The van der Waals surface area contributed by atoms with Crippen LogP contribution < -0.4 is 14.2 Å². The molecular weight excluding hydrogens is 502 g/mol. The van der Waals surface area contributed by atoms with Gasteiger partial charge in [-0.05, 0) is 18.2 Å². The van der Waals surface area contributed by atoms with Gasteiger partial charge in [0.1, 0.15) is 34.9 Å². The fourth-order valence-electron chi connectivity index (χ4n) is 4.37. The lowest BCUT2D eigenvalue weighted by molar-refractivity contribution is 0.0253. The van der Waals surface area contributed by atoms with Gasteiger partial charge in [0.25, 0.3) is 5.91 Å². The van der Waals surface area contributed by atoms with Gasteiger partial charge in [0.15, 0.2) is 22.8 Å². The zero-order valence-electron chi connectivity index (χ0n) is 22.1. The Kier molecular flexibility index (Phi) is 7.29. The molecular formula is C28H27N5O6. The average molecular weight is 530 g/mol. The van der Waals surface area contributed by atoms with Crippen LogP contribution in [0.5, 0.6) is 17.2 Å². The van der Waals surface area contributed by atoms with Crippen molar-refractivity contribution in [2.75, 3.05) is 41.5 Å². The first-order valence-corrected chi connectivity index (χ1v) is 12.3. The molecule has 1 fully saturated rings. The monoisotopic (exact) mass is 529 g/mol. The fourth-order valence-corrected chi connectivity index (χ4v) is 4.37. The molecule has 0 saturated carbocycles. The highest BCUT2D eigenvalue weighted by Crippen LogP contribution is 2.40. The molecule has 0 unspecified atom stereocenters. The summed E-state index contributed by atoms with van der Waals surface area (Å²) in [6, 6.07) is 8.97. The predicted octanol–water partition coefficient (Wildman–Crippen LogP) is 4.10. The molecule has 0 spiro atoms. The maximum atomic E-state index is 12.4. The summed E-state index contributed by atoms with van der Waals surface area (Å²) in [7, 11) is 6.35. The number of nitriles is 1. The standard InChI is InChI=1S/C28H27N5O6/c1-33(2)28(34)16-11-22(35-3)26(31-14-16)23-12-19-27(39-23)25(24(36-4)15-30-19)18-5-6-21(20(13-29)32-18)38-17-7-9-37-10-8-17/h5-6,11-12,14-15,17H,7-10H2,1-4H3. The van der Waals surface area contributed by atoms with Crippen LogP contribution in [0.1, 0.15) is 28.9 Å². The van der Waals surface area contributed by atoms with E-state index in [0.717, 1.165) is 12.8 Å². The molecule has 4 aromatic rings. The molecule has 39 heavy (non-hydrogen) atoms. The van der Waals surface area contributed by atoms with Crippen molar-refractivity contribution in [2.24, 2.45) is 0 Å². The molecule has 0 atom stereocenters. The minimum atomic E-state index is -0.200. The number of fused-ring (bicyclic) bond motifs is 1. The highest BCUT2D eigenvalue weighted by molar-refractivity contribution is 5.96. The number of amides is 1. The lowest BCUT2D eigenvalue weighted by atomic mass is 10.1. The van der Waals surface area contributed by atoms with Crippen molar-refractivity contribution < 1.29 is 28.2 Å². The molecule has 1 amide bonds. The van der Waals surface area contributed by atoms with E-state index in [1.165, 1.54) is 25.3 Å². The number of methoxy groups -OCH3 is 2. The number of carbonyl (C=O) groups is 1. The molecule has 1 aliphatic rings. The Morgan fingerprint density at radius 2 is 1.82 bits per heavy atom. The molecule has 0 bridgehead atoms. The summed E-state index contributed by atoms with van der Waals surface area (Å²) in [5, 5.41) is 9.83. The Balaban J connectivity index is 1.57. The second kappa shape index (κ2) is 11.0. The van der Waals surface area contributed by atoms with Gasteiger partial charge in [-0.3, -0.25) is 4.79 Å². The van der Waals surface area contributed by atoms with Gasteiger partial charge in [0, 0.05) is 39.2 Å². The normalized spacial score (nSPS) is 13.6. The number of hydrogen-bond donors (Lipinski definition) is 0. The first kappa shape index (κ1) is 25.9. The van der Waals surface area contributed by atoms with Crippen molar-refractivity contribution in [3.05, 3.63) is 47.9 Å². The summed E-state index contributed by atoms with van der Waals surface area (Å²) < 4.78 is 28.8. The van der Waals surface area contributed by atoms with Gasteiger partial charge in [0.05, 0.1) is 50.5 Å². The summed E-state index contributed by atoms with van der Waals surface area (Å²) in [5.41, 5.74) is 2.86. The van der Waals surface area contributed by atoms with E-state index in [9.17, 15) is 10.1 Å². The quantitative estimate of drug-likeness (QED) is 0.344. The van der Waals surface area contributed by atoms with E-state index in [1.54, 1.807) is 44.6 Å². The highest BCUT2D eigenvalue weighted by Gasteiger charge is 2.24. The van der Waals surface area contributed by atoms with Crippen LogP contribution in [-0.4, -0.2) is 73.4 Å². The lowest BCUT2D eigenvalue weighted by Crippen LogP contribution is -2.26. The molecule has 0 radical (unpaired) electrons.